The van der Waals surface area contributed by atoms with Crippen LogP contribution in [0, 0.1) is 5.92 Å². The number of carboxylic acid groups (broad SMARTS) is 1. The molecule has 2 amide bonds. The molecule has 0 aliphatic heterocycles. The van der Waals surface area contributed by atoms with Gasteiger partial charge in [0.2, 0.25) is 0 Å². The summed E-state index contributed by atoms with van der Waals surface area (Å²) >= 11 is 0. The highest BCUT2D eigenvalue weighted by atomic mass is 16.4. The summed E-state index contributed by atoms with van der Waals surface area (Å²) in [4.78, 5) is 25.7. The predicted molar refractivity (Wildman–Crippen MR) is 82.3 cm³/mol. The van der Waals surface area contributed by atoms with Crippen LogP contribution in [-0.4, -0.2) is 53.7 Å². The Hall–Kier alpha value is -1.30. The molecule has 0 heterocycles. The van der Waals surface area contributed by atoms with Crippen LogP contribution in [0.1, 0.15) is 46.5 Å². The van der Waals surface area contributed by atoms with Crippen molar-refractivity contribution < 1.29 is 14.7 Å². The lowest BCUT2D eigenvalue weighted by molar-refractivity contribution is -0.146. The van der Waals surface area contributed by atoms with Gasteiger partial charge in [-0.05, 0) is 44.7 Å². The number of rotatable bonds is 7. The SMILES string of the molecule is CCN(CC)CCNC(=O)NC1(C(=O)O)CCC(C)CC1. The van der Waals surface area contributed by atoms with Crippen molar-refractivity contribution in [2.45, 2.75) is 52.0 Å². The lowest BCUT2D eigenvalue weighted by Crippen LogP contribution is -2.59. The van der Waals surface area contributed by atoms with Gasteiger partial charge < -0.3 is 20.6 Å². The first-order valence-corrected chi connectivity index (χ1v) is 7.95. The molecule has 0 unspecified atom stereocenters. The number of likely N-dealkylation sites (N-methyl/N-ethyl adjacent to an activating group) is 1. The van der Waals surface area contributed by atoms with Crippen molar-refractivity contribution in [1.29, 1.82) is 0 Å². The molecule has 0 aromatic rings. The van der Waals surface area contributed by atoms with E-state index in [9.17, 15) is 14.7 Å². The molecule has 0 radical (unpaired) electrons. The maximum atomic E-state index is 12.0. The Balaban J connectivity index is 2.45. The van der Waals surface area contributed by atoms with E-state index in [0.717, 1.165) is 32.5 Å². The van der Waals surface area contributed by atoms with Crippen molar-refractivity contribution in [2.75, 3.05) is 26.2 Å². The van der Waals surface area contributed by atoms with Crippen LogP contribution >= 0.6 is 0 Å². The highest BCUT2D eigenvalue weighted by Gasteiger charge is 2.42. The van der Waals surface area contributed by atoms with Crippen LogP contribution in [0.15, 0.2) is 0 Å². The zero-order chi connectivity index (χ0) is 15.9. The second kappa shape index (κ2) is 8.22. The summed E-state index contributed by atoms with van der Waals surface area (Å²) in [6, 6.07) is -0.376. The molecule has 1 aliphatic rings. The van der Waals surface area contributed by atoms with Gasteiger partial charge in [0.15, 0.2) is 0 Å². The Morgan fingerprint density at radius 3 is 2.29 bits per heavy atom. The van der Waals surface area contributed by atoms with E-state index in [4.69, 9.17) is 0 Å². The number of carbonyl (C=O) groups excluding carboxylic acids is 1. The normalized spacial score (nSPS) is 25.6. The van der Waals surface area contributed by atoms with E-state index in [-0.39, 0.29) is 6.03 Å². The molecular weight excluding hydrogens is 270 g/mol. The van der Waals surface area contributed by atoms with Gasteiger partial charge in [-0.1, -0.05) is 20.8 Å². The van der Waals surface area contributed by atoms with Crippen LogP contribution < -0.4 is 10.6 Å². The summed E-state index contributed by atoms with van der Waals surface area (Å²) in [5, 5.41) is 14.9. The van der Waals surface area contributed by atoms with Gasteiger partial charge >= 0.3 is 12.0 Å². The second-order valence-electron chi connectivity index (χ2n) is 5.98. The van der Waals surface area contributed by atoms with E-state index in [2.05, 4.69) is 36.3 Å². The maximum absolute atomic E-state index is 12.0. The molecule has 0 saturated heterocycles. The Bertz CT molecular complexity index is 348. The van der Waals surface area contributed by atoms with Crippen LogP contribution in [0.3, 0.4) is 0 Å². The van der Waals surface area contributed by atoms with Gasteiger partial charge in [0.05, 0.1) is 0 Å². The quantitative estimate of drug-likeness (QED) is 0.668. The number of urea groups is 1. The highest BCUT2D eigenvalue weighted by Crippen LogP contribution is 2.32. The zero-order valence-electron chi connectivity index (χ0n) is 13.4. The van der Waals surface area contributed by atoms with Crippen LogP contribution in [0.4, 0.5) is 4.79 Å². The van der Waals surface area contributed by atoms with E-state index >= 15 is 0 Å². The maximum Gasteiger partial charge on any atom is 0.329 e. The van der Waals surface area contributed by atoms with Gasteiger partial charge in [-0.25, -0.2) is 9.59 Å². The molecule has 0 aromatic carbocycles. The summed E-state index contributed by atoms with van der Waals surface area (Å²) < 4.78 is 0. The monoisotopic (exact) mass is 299 g/mol. The topological polar surface area (TPSA) is 81.7 Å². The third kappa shape index (κ3) is 5.19. The minimum absolute atomic E-state index is 0.376. The minimum Gasteiger partial charge on any atom is -0.480 e. The Labute approximate surface area is 127 Å². The van der Waals surface area contributed by atoms with Crippen molar-refractivity contribution in [3.05, 3.63) is 0 Å². The van der Waals surface area contributed by atoms with Crippen molar-refractivity contribution in [2.24, 2.45) is 5.92 Å². The summed E-state index contributed by atoms with van der Waals surface area (Å²) in [5.41, 5.74) is -1.09. The molecule has 122 valence electrons. The molecule has 0 bridgehead atoms. The number of hydrogen-bond donors (Lipinski definition) is 3. The Morgan fingerprint density at radius 1 is 1.24 bits per heavy atom. The number of carbonyl (C=O) groups is 2. The molecule has 3 N–H and O–H groups in total. The number of nitrogens with one attached hydrogen (secondary N) is 2. The third-order valence-corrected chi connectivity index (χ3v) is 4.50. The second-order valence-corrected chi connectivity index (χ2v) is 5.98. The fourth-order valence-electron chi connectivity index (χ4n) is 2.78. The minimum atomic E-state index is -1.09. The van der Waals surface area contributed by atoms with Gasteiger partial charge in [-0.2, -0.15) is 0 Å². The number of nitrogens with zero attached hydrogens (tertiary/aromatic N) is 1. The number of amides is 2. The molecule has 21 heavy (non-hydrogen) atoms. The van der Waals surface area contributed by atoms with E-state index in [1.165, 1.54) is 0 Å². The van der Waals surface area contributed by atoms with E-state index < -0.39 is 11.5 Å². The number of aliphatic carboxylic acids is 1. The first-order chi connectivity index (χ1) is 9.93. The molecule has 1 aliphatic carbocycles. The van der Waals surface area contributed by atoms with E-state index in [1.807, 2.05) is 0 Å². The van der Waals surface area contributed by atoms with Gasteiger partial charge in [0, 0.05) is 13.1 Å². The summed E-state index contributed by atoms with van der Waals surface area (Å²) in [5.74, 6) is -0.390. The molecule has 0 aromatic heterocycles. The number of carboxylic acids is 1. The first-order valence-electron chi connectivity index (χ1n) is 7.95. The standard InChI is InChI=1S/C15H29N3O3/c1-4-18(5-2)11-10-16-14(21)17-15(13(19)20)8-6-12(3)7-9-15/h12H,4-11H2,1-3H3,(H,19,20)(H2,16,17,21). The summed E-state index contributed by atoms with van der Waals surface area (Å²) in [7, 11) is 0. The van der Waals surface area contributed by atoms with Crippen LogP contribution in [0.25, 0.3) is 0 Å². The highest BCUT2D eigenvalue weighted by molar-refractivity contribution is 5.86. The van der Waals surface area contributed by atoms with Gasteiger partial charge in [-0.3, -0.25) is 0 Å². The fraction of sp³-hybridized carbons (Fsp3) is 0.867. The van der Waals surface area contributed by atoms with Crippen molar-refractivity contribution in [3.63, 3.8) is 0 Å². The molecule has 6 nitrogen and oxygen atoms in total. The predicted octanol–water partition coefficient (Wildman–Crippen LogP) is 1.66. The largest absolute Gasteiger partial charge is 0.480 e. The fourth-order valence-corrected chi connectivity index (χ4v) is 2.78. The van der Waals surface area contributed by atoms with Crippen molar-refractivity contribution in [3.8, 4) is 0 Å². The molecule has 1 fully saturated rings. The third-order valence-electron chi connectivity index (χ3n) is 4.50. The van der Waals surface area contributed by atoms with Crippen molar-refractivity contribution in [1.82, 2.24) is 15.5 Å². The van der Waals surface area contributed by atoms with Gasteiger partial charge in [-0.15, -0.1) is 0 Å². The summed E-state index contributed by atoms with van der Waals surface area (Å²) in [6.45, 7) is 9.46. The summed E-state index contributed by atoms with van der Waals surface area (Å²) in [6.07, 6.45) is 2.69. The lowest BCUT2D eigenvalue weighted by Gasteiger charge is -2.36. The number of hydrogen-bond acceptors (Lipinski definition) is 3. The average Bonchev–Trinajstić information content (AvgIpc) is 2.46. The van der Waals surface area contributed by atoms with E-state index in [0.29, 0.717) is 25.3 Å². The molecular formula is C15H29N3O3. The molecule has 1 saturated carbocycles. The average molecular weight is 299 g/mol. The zero-order valence-corrected chi connectivity index (χ0v) is 13.4. The molecule has 1 rings (SSSR count). The molecule has 6 heteroatoms. The lowest BCUT2D eigenvalue weighted by atomic mass is 9.77. The van der Waals surface area contributed by atoms with E-state index in [1.54, 1.807) is 0 Å². The molecule has 0 spiro atoms. The van der Waals surface area contributed by atoms with Crippen LogP contribution in [0.5, 0.6) is 0 Å². The van der Waals surface area contributed by atoms with Gasteiger partial charge in [0.25, 0.3) is 0 Å². The smallest absolute Gasteiger partial charge is 0.329 e. The van der Waals surface area contributed by atoms with Crippen molar-refractivity contribution >= 4 is 12.0 Å². The Kier molecular flexibility index (Phi) is 6.95. The first kappa shape index (κ1) is 17.8. The Morgan fingerprint density at radius 2 is 1.81 bits per heavy atom. The van der Waals surface area contributed by atoms with Gasteiger partial charge in [0.1, 0.15) is 5.54 Å². The van der Waals surface area contributed by atoms with Crippen LogP contribution in [0.2, 0.25) is 0 Å². The van der Waals surface area contributed by atoms with Crippen LogP contribution in [-0.2, 0) is 4.79 Å². The molecule has 0 atom stereocenters.